The fourth-order valence-electron chi connectivity index (χ4n) is 5.67. The molecule has 8 nitrogen and oxygen atoms in total. The molecule has 0 fully saturated rings. The van der Waals surface area contributed by atoms with Crippen LogP contribution in [-0.2, 0) is 21.4 Å². The van der Waals surface area contributed by atoms with Crippen molar-refractivity contribution < 1.29 is 28.6 Å². The highest BCUT2D eigenvalue weighted by Crippen LogP contribution is 2.47. The van der Waals surface area contributed by atoms with E-state index in [0.717, 1.165) is 10.9 Å². The van der Waals surface area contributed by atoms with Gasteiger partial charge in [0.25, 0.3) is 5.56 Å². The van der Waals surface area contributed by atoms with Gasteiger partial charge in [-0.15, -0.1) is 0 Å². The summed E-state index contributed by atoms with van der Waals surface area (Å²) in [6, 6.07) is 11.0. The third kappa shape index (κ3) is 5.30. The van der Waals surface area contributed by atoms with Gasteiger partial charge in [0.15, 0.2) is 0 Å². The number of ether oxygens (including phenoxy) is 3. The Balaban J connectivity index is 1.70. The zero-order valence-corrected chi connectivity index (χ0v) is 23.0. The lowest BCUT2D eigenvalue weighted by Crippen LogP contribution is -2.29. The molecular weight excluding hydrogens is 510 g/mol. The van der Waals surface area contributed by atoms with Crippen molar-refractivity contribution >= 4 is 34.7 Å². The number of cyclic esters (lactones) is 1. The summed E-state index contributed by atoms with van der Waals surface area (Å²) in [5.74, 6) is -1.06. The molecule has 2 aliphatic heterocycles. The van der Waals surface area contributed by atoms with Crippen LogP contribution >= 0.6 is 0 Å². The van der Waals surface area contributed by atoms with Gasteiger partial charge in [0.1, 0.15) is 22.8 Å². The summed E-state index contributed by atoms with van der Waals surface area (Å²) >= 11 is 0. The molecule has 3 heterocycles. The van der Waals surface area contributed by atoms with Crippen LogP contribution in [0.3, 0.4) is 0 Å². The summed E-state index contributed by atoms with van der Waals surface area (Å²) in [5.41, 5.74) is 2.12. The predicted molar refractivity (Wildman–Crippen MR) is 151 cm³/mol. The van der Waals surface area contributed by atoms with Gasteiger partial charge in [-0.05, 0) is 61.8 Å². The minimum Gasteiger partial charge on any atom is -0.495 e. The number of methoxy groups -OCH3 is 1. The average molecular weight is 544 g/mol. The number of rotatable bonds is 2. The lowest BCUT2D eigenvalue weighted by Gasteiger charge is -2.29. The van der Waals surface area contributed by atoms with Gasteiger partial charge in [-0.3, -0.25) is 14.4 Å². The van der Waals surface area contributed by atoms with Crippen LogP contribution < -0.4 is 15.0 Å². The molecule has 0 radical (unpaired) electrons. The molecule has 1 aromatic heterocycles. The molecule has 0 N–H and O–H groups in total. The van der Waals surface area contributed by atoms with Crippen molar-refractivity contribution in [1.29, 1.82) is 0 Å². The number of carbonyl (C=O) groups is 3. The fourth-order valence-corrected chi connectivity index (χ4v) is 5.67. The van der Waals surface area contributed by atoms with E-state index in [-0.39, 0.29) is 34.8 Å². The first-order chi connectivity index (χ1) is 19.3. The SMILES string of the molecule is COc1c2c(cc3c1[C@@H](c1cc4ccccc4n(C)c1=O)CC(=O)O3)/C=C/CCCC(=O)CCC[C@H](C)OC2=O. The first-order valence-corrected chi connectivity index (χ1v) is 13.7. The molecule has 0 spiro atoms. The highest BCUT2D eigenvalue weighted by molar-refractivity contribution is 5.99. The van der Waals surface area contributed by atoms with Crippen LogP contribution in [0.5, 0.6) is 11.5 Å². The van der Waals surface area contributed by atoms with Crippen LogP contribution in [0.4, 0.5) is 0 Å². The Labute approximate surface area is 232 Å². The molecule has 0 saturated carbocycles. The van der Waals surface area contributed by atoms with Crippen LogP contribution in [0.1, 0.15) is 84.8 Å². The monoisotopic (exact) mass is 543 g/mol. The van der Waals surface area contributed by atoms with Crippen molar-refractivity contribution in [3.63, 3.8) is 0 Å². The molecule has 8 heteroatoms. The summed E-state index contributed by atoms with van der Waals surface area (Å²) in [5, 5.41) is 0.854. The highest BCUT2D eigenvalue weighted by Gasteiger charge is 2.37. The quantitative estimate of drug-likeness (QED) is 0.312. The zero-order valence-electron chi connectivity index (χ0n) is 23.0. The summed E-state index contributed by atoms with van der Waals surface area (Å²) < 4.78 is 18.9. The van der Waals surface area contributed by atoms with Crippen molar-refractivity contribution in [1.82, 2.24) is 4.57 Å². The van der Waals surface area contributed by atoms with E-state index in [1.165, 1.54) is 7.11 Å². The third-order valence-corrected chi connectivity index (χ3v) is 7.70. The smallest absolute Gasteiger partial charge is 0.342 e. The zero-order chi connectivity index (χ0) is 28.4. The molecule has 3 aromatic rings. The number of aryl methyl sites for hydroxylation is 1. The Bertz CT molecular complexity index is 1580. The average Bonchev–Trinajstić information content (AvgIpc) is 2.93. The van der Waals surface area contributed by atoms with Crippen LogP contribution in [0.25, 0.3) is 17.0 Å². The van der Waals surface area contributed by atoms with E-state index in [1.54, 1.807) is 36.7 Å². The Kier molecular flexibility index (Phi) is 7.87. The Morgan fingerprint density at radius 3 is 2.60 bits per heavy atom. The first-order valence-electron chi connectivity index (χ1n) is 13.7. The summed E-state index contributed by atoms with van der Waals surface area (Å²) in [7, 11) is 3.16. The van der Waals surface area contributed by atoms with Crippen LogP contribution in [0.15, 0.2) is 47.3 Å². The van der Waals surface area contributed by atoms with Gasteiger partial charge >= 0.3 is 11.9 Å². The number of hydrogen-bond donors (Lipinski definition) is 0. The van der Waals surface area contributed by atoms with E-state index < -0.39 is 24.0 Å². The molecule has 0 amide bonds. The topological polar surface area (TPSA) is 101 Å². The van der Waals surface area contributed by atoms with Gasteiger partial charge < -0.3 is 18.8 Å². The van der Waals surface area contributed by atoms with Gasteiger partial charge in [0, 0.05) is 36.9 Å². The minimum absolute atomic E-state index is 0.0783. The molecule has 2 atom stereocenters. The van der Waals surface area contributed by atoms with E-state index in [4.69, 9.17) is 14.2 Å². The number of esters is 2. The lowest BCUT2D eigenvalue weighted by molar-refractivity contribution is -0.135. The van der Waals surface area contributed by atoms with E-state index in [1.807, 2.05) is 30.3 Å². The van der Waals surface area contributed by atoms with E-state index in [0.29, 0.717) is 55.2 Å². The Morgan fingerprint density at radius 1 is 1.02 bits per heavy atom. The number of hydrogen-bond acceptors (Lipinski definition) is 7. The Hall–Kier alpha value is -4.20. The number of para-hydroxylation sites is 1. The minimum atomic E-state index is -0.687. The van der Waals surface area contributed by atoms with Crippen molar-refractivity contribution in [2.24, 2.45) is 7.05 Å². The number of allylic oxidation sites excluding steroid dienone is 1. The molecule has 2 aromatic carbocycles. The van der Waals surface area contributed by atoms with E-state index in [9.17, 15) is 19.2 Å². The maximum Gasteiger partial charge on any atom is 0.342 e. The highest BCUT2D eigenvalue weighted by atomic mass is 16.5. The van der Waals surface area contributed by atoms with Crippen molar-refractivity contribution in [2.45, 2.75) is 63.9 Å². The molecule has 208 valence electrons. The summed E-state index contributed by atoms with van der Waals surface area (Å²) in [6.45, 7) is 1.80. The maximum absolute atomic E-state index is 13.6. The first kappa shape index (κ1) is 27.4. The largest absolute Gasteiger partial charge is 0.495 e. The Morgan fingerprint density at radius 2 is 1.80 bits per heavy atom. The third-order valence-electron chi connectivity index (χ3n) is 7.70. The van der Waals surface area contributed by atoms with E-state index >= 15 is 0 Å². The molecular formula is C32H33NO7. The van der Waals surface area contributed by atoms with Crippen LogP contribution in [0.2, 0.25) is 0 Å². The molecule has 0 bridgehead atoms. The fraction of sp³-hybridized carbons (Fsp3) is 0.375. The van der Waals surface area contributed by atoms with Gasteiger partial charge in [-0.1, -0.05) is 30.4 Å². The summed E-state index contributed by atoms with van der Waals surface area (Å²) in [6.07, 6.45) is 6.68. The van der Waals surface area contributed by atoms with Crippen molar-refractivity contribution in [3.8, 4) is 11.5 Å². The maximum atomic E-state index is 13.6. The molecule has 2 aliphatic rings. The predicted octanol–water partition coefficient (Wildman–Crippen LogP) is 5.47. The van der Waals surface area contributed by atoms with Crippen LogP contribution in [0, 0.1) is 0 Å². The van der Waals surface area contributed by atoms with Gasteiger partial charge in [0.05, 0.1) is 25.2 Å². The molecule has 5 rings (SSSR count). The molecule has 0 aliphatic carbocycles. The number of aromatic nitrogens is 1. The van der Waals surface area contributed by atoms with Crippen molar-refractivity contribution in [2.75, 3.05) is 7.11 Å². The molecule has 40 heavy (non-hydrogen) atoms. The van der Waals surface area contributed by atoms with Gasteiger partial charge in [-0.25, -0.2) is 4.79 Å². The van der Waals surface area contributed by atoms with Crippen molar-refractivity contribution in [3.05, 3.63) is 75.1 Å². The second kappa shape index (κ2) is 11.5. The van der Waals surface area contributed by atoms with Gasteiger partial charge in [-0.2, -0.15) is 0 Å². The normalized spacial score (nSPS) is 21.0. The number of ketones is 1. The number of Topliss-reactive ketones (excluding diaryl/α,β-unsaturated/α-hetero) is 1. The molecule has 0 saturated heterocycles. The van der Waals surface area contributed by atoms with Gasteiger partial charge in [0.2, 0.25) is 0 Å². The lowest BCUT2D eigenvalue weighted by atomic mass is 9.83. The number of pyridine rings is 1. The molecule has 0 unspecified atom stereocenters. The van der Waals surface area contributed by atoms with Crippen LogP contribution in [-0.4, -0.2) is 35.5 Å². The second-order valence-electron chi connectivity index (χ2n) is 10.5. The van der Waals surface area contributed by atoms with E-state index in [2.05, 4.69) is 0 Å². The number of fused-ring (bicyclic) bond motifs is 3. The second-order valence-corrected chi connectivity index (χ2v) is 10.5. The number of carbonyl (C=O) groups excluding carboxylic acids is 3. The number of benzene rings is 2. The standard InChI is InChI=1S/C32H33NO7/c1-19-10-9-14-22(34)13-6-4-5-12-21-17-26-29(30(38-3)28(21)32(37)39-19)23(18-27(35)40-26)24-16-20-11-7-8-15-25(20)33(2)31(24)36/h5,7-8,11-12,15-17,19,23H,4,6,9-10,13-14,18H2,1-3H3/b12-5+/t19-,23+/m0/s1. The summed E-state index contributed by atoms with van der Waals surface area (Å²) in [4.78, 5) is 52.2. The number of nitrogens with zero attached hydrogens (tertiary/aromatic N) is 1.